The number of hydrogen-bond donors (Lipinski definition) is 3. The number of phenolic OH excluding ortho intramolecular Hbond substituents is 2. The van der Waals surface area contributed by atoms with E-state index in [1.165, 1.54) is 21.6 Å². The van der Waals surface area contributed by atoms with Gasteiger partial charge < -0.3 is 20.0 Å². The molecule has 0 radical (unpaired) electrons. The molecule has 3 aliphatic heterocycles. The summed E-state index contributed by atoms with van der Waals surface area (Å²) in [6, 6.07) is 14.7. The van der Waals surface area contributed by atoms with Crippen LogP contribution in [0.3, 0.4) is 0 Å². The number of halogens is 2. The average molecular weight is 908 g/mol. The molecule has 334 valence electrons. The number of piperazine rings is 1. The molecule has 17 heteroatoms. The van der Waals surface area contributed by atoms with Crippen LogP contribution in [0.15, 0.2) is 64.4 Å². The van der Waals surface area contributed by atoms with Crippen LogP contribution in [0.2, 0.25) is 5.02 Å². The lowest BCUT2D eigenvalue weighted by molar-refractivity contribution is -0.133. The number of nitrogens with one attached hydrogen (secondary N) is 1. The van der Waals surface area contributed by atoms with E-state index in [4.69, 9.17) is 16.6 Å². The third-order valence-electron chi connectivity index (χ3n) is 13.0. The molecule has 1 atom stereocenters. The van der Waals surface area contributed by atoms with Gasteiger partial charge in [-0.3, -0.25) is 19.3 Å². The molecule has 0 bridgehead atoms. The highest BCUT2D eigenvalue weighted by Crippen LogP contribution is 2.41. The molecule has 6 heterocycles. The number of aromatic amines is 1. The number of fused-ring (bicyclic) bond motifs is 3. The molecule has 0 aliphatic carbocycles. The Morgan fingerprint density at radius 2 is 1.64 bits per heavy atom. The van der Waals surface area contributed by atoms with E-state index in [1.54, 1.807) is 29.5 Å². The van der Waals surface area contributed by atoms with Crippen LogP contribution in [-0.2, 0) is 11.3 Å². The summed E-state index contributed by atoms with van der Waals surface area (Å²) in [6.07, 6.45) is 2.04. The average Bonchev–Trinajstić information content (AvgIpc) is 3.91. The number of amides is 1. The maximum Gasteiger partial charge on any atom is 0.348 e. The molecule has 3 aromatic carbocycles. The summed E-state index contributed by atoms with van der Waals surface area (Å²) >= 11 is 7.98. The summed E-state index contributed by atoms with van der Waals surface area (Å²) in [5.41, 5.74) is 5.03. The van der Waals surface area contributed by atoms with E-state index >= 15 is 4.39 Å². The van der Waals surface area contributed by atoms with Crippen LogP contribution in [0, 0.1) is 32.5 Å². The number of phenols is 2. The summed E-state index contributed by atoms with van der Waals surface area (Å²) in [5, 5.41) is 38.3. The standard InChI is InChI=1S/C47H52ClFN10O4S/c1-26(2)35-21-36(40(61)23-39(35)60)44-52-54-47(63)59(44)34-11-8-32(37(49)20-34)25-56-18-16-55(17-19-56)24-30-12-14-57(15-13-30)41(62)22-38-45-53-51-29(5)58(45)46-42(27(3)28(4)64-46)43(50-38)31-6-9-33(48)10-7-31/h6-11,20-21,23,26,30,38,60-61H,12-19,22,24-25H2,1-5H3,(H,54,63)/t38-/m0/s1. The Morgan fingerprint density at radius 1 is 0.922 bits per heavy atom. The number of piperidine rings is 1. The predicted molar refractivity (Wildman–Crippen MR) is 246 cm³/mol. The first-order valence-electron chi connectivity index (χ1n) is 21.8. The number of aliphatic imine (C=N–C) groups is 1. The number of thiophene rings is 1. The van der Waals surface area contributed by atoms with E-state index < -0.39 is 17.5 Å². The van der Waals surface area contributed by atoms with Gasteiger partial charge in [0.25, 0.3) is 0 Å². The van der Waals surface area contributed by atoms with Gasteiger partial charge in [0.2, 0.25) is 5.91 Å². The Hall–Kier alpha value is -5.68. The summed E-state index contributed by atoms with van der Waals surface area (Å²) in [6.45, 7) is 16.1. The molecule has 3 aromatic heterocycles. The number of aryl methyl sites for hydroxylation is 2. The number of likely N-dealkylation sites (tertiary alicyclic amines) is 1. The van der Waals surface area contributed by atoms with Gasteiger partial charge in [-0.1, -0.05) is 43.6 Å². The second-order valence-corrected chi connectivity index (χ2v) is 19.2. The van der Waals surface area contributed by atoms with Crippen molar-refractivity contribution in [1.82, 2.24) is 44.2 Å². The number of aromatic hydroxyl groups is 2. The molecule has 2 saturated heterocycles. The van der Waals surface area contributed by atoms with Crippen LogP contribution in [0.1, 0.15) is 89.4 Å². The minimum absolute atomic E-state index is 0.0519. The third-order valence-corrected chi connectivity index (χ3v) is 14.5. The molecular formula is C47H52ClFN10O4S. The Bertz CT molecular complexity index is 2810. The van der Waals surface area contributed by atoms with E-state index in [0.717, 1.165) is 78.8 Å². The molecule has 6 aromatic rings. The van der Waals surface area contributed by atoms with Gasteiger partial charge in [0.05, 0.1) is 23.4 Å². The van der Waals surface area contributed by atoms with Crippen molar-refractivity contribution < 1.29 is 19.4 Å². The topological polar surface area (TPSA) is 161 Å². The van der Waals surface area contributed by atoms with Crippen LogP contribution in [-0.4, -0.2) is 112 Å². The van der Waals surface area contributed by atoms with Crippen LogP contribution >= 0.6 is 22.9 Å². The number of nitrogens with zero attached hydrogens (tertiary/aromatic N) is 9. The molecule has 3 aliphatic rings. The van der Waals surface area contributed by atoms with Crippen molar-refractivity contribution in [1.29, 1.82) is 0 Å². The van der Waals surface area contributed by atoms with E-state index in [1.807, 2.05) is 49.9 Å². The molecule has 9 rings (SSSR count). The van der Waals surface area contributed by atoms with Crippen molar-refractivity contribution in [3.63, 3.8) is 0 Å². The number of aromatic nitrogens is 6. The largest absolute Gasteiger partial charge is 0.508 e. The molecule has 0 saturated carbocycles. The van der Waals surface area contributed by atoms with Crippen molar-refractivity contribution in [3.8, 4) is 33.6 Å². The maximum atomic E-state index is 15.7. The van der Waals surface area contributed by atoms with Crippen molar-refractivity contribution in [2.45, 2.75) is 72.4 Å². The van der Waals surface area contributed by atoms with E-state index in [2.05, 4.69) is 48.6 Å². The quantitative estimate of drug-likeness (QED) is 0.127. The molecule has 1 amide bonds. The van der Waals surface area contributed by atoms with Crippen LogP contribution in [0.5, 0.6) is 11.5 Å². The fourth-order valence-corrected chi connectivity index (χ4v) is 10.6. The fraction of sp³-hybridized carbons (Fsp3) is 0.404. The van der Waals surface area contributed by atoms with E-state index in [9.17, 15) is 19.8 Å². The number of H-pyrrole nitrogens is 1. The molecule has 64 heavy (non-hydrogen) atoms. The number of hydrogen-bond acceptors (Lipinski definition) is 11. The summed E-state index contributed by atoms with van der Waals surface area (Å²) in [7, 11) is 0. The van der Waals surface area contributed by atoms with Gasteiger partial charge >= 0.3 is 5.69 Å². The Labute approximate surface area is 379 Å². The van der Waals surface area contributed by atoms with Crippen LogP contribution < -0.4 is 5.69 Å². The zero-order chi connectivity index (χ0) is 45.0. The summed E-state index contributed by atoms with van der Waals surface area (Å²) < 4.78 is 19.0. The molecular weight excluding hydrogens is 855 g/mol. The molecule has 3 N–H and O–H groups in total. The second kappa shape index (κ2) is 17.7. The smallest absolute Gasteiger partial charge is 0.348 e. The van der Waals surface area contributed by atoms with Gasteiger partial charge in [-0.25, -0.2) is 18.9 Å². The zero-order valence-corrected chi connectivity index (χ0v) is 38.2. The van der Waals surface area contributed by atoms with Crippen molar-refractivity contribution in [2.75, 3.05) is 45.8 Å². The number of carbonyl (C=O) groups excluding carboxylic acids is 1. The Balaban J connectivity index is 0.799. The van der Waals surface area contributed by atoms with Gasteiger partial charge in [-0.15, -0.1) is 21.5 Å². The molecule has 0 spiro atoms. The van der Waals surface area contributed by atoms with Crippen molar-refractivity contribution in [3.05, 3.63) is 120 Å². The normalized spacial score (nSPS) is 17.4. The van der Waals surface area contributed by atoms with E-state index in [-0.39, 0.29) is 46.8 Å². The minimum atomic E-state index is -0.577. The summed E-state index contributed by atoms with van der Waals surface area (Å²) in [4.78, 5) is 40.2. The molecule has 2 fully saturated rings. The van der Waals surface area contributed by atoms with Crippen LogP contribution in [0.25, 0.3) is 22.1 Å². The van der Waals surface area contributed by atoms with Gasteiger partial charge in [-0.2, -0.15) is 5.10 Å². The first kappa shape index (κ1) is 43.6. The number of carbonyl (C=O) groups is 1. The van der Waals surface area contributed by atoms with Crippen molar-refractivity contribution in [2.24, 2.45) is 10.9 Å². The highest BCUT2D eigenvalue weighted by Gasteiger charge is 2.34. The molecule has 0 unspecified atom stereocenters. The Kier molecular flexibility index (Phi) is 12.1. The first-order chi connectivity index (χ1) is 30.7. The summed E-state index contributed by atoms with van der Waals surface area (Å²) in [5.74, 6) is 1.30. The van der Waals surface area contributed by atoms with Gasteiger partial charge in [0, 0.05) is 85.0 Å². The highest BCUT2D eigenvalue weighted by molar-refractivity contribution is 7.15. The zero-order valence-electron chi connectivity index (χ0n) is 36.6. The number of rotatable bonds is 10. The highest BCUT2D eigenvalue weighted by atomic mass is 35.5. The van der Waals surface area contributed by atoms with Gasteiger partial charge in [-0.05, 0) is 86.9 Å². The van der Waals surface area contributed by atoms with Gasteiger partial charge in [0.15, 0.2) is 11.6 Å². The first-order valence-corrected chi connectivity index (χ1v) is 23.0. The fourth-order valence-electron chi connectivity index (χ4n) is 9.28. The van der Waals surface area contributed by atoms with Crippen molar-refractivity contribution >= 4 is 34.6 Å². The minimum Gasteiger partial charge on any atom is -0.508 e. The second-order valence-electron chi connectivity index (χ2n) is 17.6. The van der Waals surface area contributed by atoms with E-state index in [0.29, 0.717) is 47.5 Å². The lowest BCUT2D eigenvalue weighted by atomic mass is 9.95. The monoisotopic (exact) mass is 906 g/mol. The third kappa shape index (κ3) is 8.39. The molecule has 14 nitrogen and oxygen atoms in total. The lowest BCUT2D eigenvalue weighted by Gasteiger charge is -2.39. The Morgan fingerprint density at radius 3 is 2.34 bits per heavy atom. The van der Waals surface area contributed by atoms with Gasteiger partial charge in [0.1, 0.15) is 34.2 Å². The maximum absolute atomic E-state index is 15.7. The lowest BCUT2D eigenvalue weighted by Crippen LogP contribution is -2.49. The SMILES string of the molecule is Cc1sc2c(c1C)C(c1ccc(Cl)cc1)=N[C@@H](CC(=O)N1CCC(CN3CCN(Cc4ccc(-n5c(-c6cc(C(C)C)c(O)cc6O)n[nH]c5=O)cc4F)CC3)CC1)c1nnc(C)n1-2. The predicted octanol–water partition coefficient (Wildman–Crippen LogP) is 7.46. The number of benzene rings is 3. The van der Waals surface area contributed by atoms with Crippen LogP contribution in [0.4, 0.5) is 4.39 Å².